The van der Waals surface area contributed by atoms with Gasteiger partial charge < -0.3 is 9.84 Å². The van der Waals surface area contributed by atoms with Crippen LogP contribution in [-0.4, -0.2) is 37.9 Å². The molecule has 2 heterocycles. The fraction of sp³-hybridized carbons (Fsp3) is 0.833. The predicted molar refractivity (Wildman–Crippen MR) is 71.5 cm³/mol. The average molecular weight is 287 g/mol. The van der Waals surface area contributed by atoms with Crippen LogP contribution in [0.25, 0.3) is 0 Å². The molecule has 0 bridgehead atoms. The van der Waals surface area contributed by atoms with Crippen molar-refractivity contribution in [1.29, 1.82) is 0 Å². The van der Waals surface area contributed by atoms with E-state index >= 15 is 0 Å². The molecule has 1 N–H and O–H groups in total. The van der Waals surface area contributed by atoms with Crippen LogP contribution in [0.1, 0.15) is 43.2 Å². The monoisotopic (exact) mass is 287 g/mol. The third kappa shape index (κ3) is 4.01. The van der Waals surface area contributed by atoms with Gasteiger partial charge in [0, 0.05) is 12.7 Å². The van der Waals surface area contributed by atoms with Crippen molar-refractivity contribution in [2.45, 2.75) is 37.9 Å². The molecule has 2 rings (SSSR count). The Morgan fingerprint density at radius 3 is 2.95 bits per heavy atom. The minimum Gasteiger partial charge on any atom is -0.339 e. The quantitative estimate of drug-likeness (QED) is 0.873. The van der Waals surface area contributed by atoms with E-state index < -0.39 is 15.1 Å². The minimum absolute atomic E-state index is 0.263. The van der Waals surface area contributed by atoms with Crippen molar-refractivity contribution in [3.63, 3.8) is 0 Å². The molecule has 1 aromatic heterocycles. The molecular formula is C12H21N3O3S. The number of sulfone groups is 1. The van der Waals surface area contributed by atoms with Crippen LogP contribution < -0.4 is 5.32 Å². The standard InChI is InChI=1S/C12H21N3O3S/c1-9(19(2,16)17)12-14-11(18-15-12)6-5-10-4-3-7-13-8-10/h9-10,13H,3-8H2,1-2H3. The van der Waals surface area contributed by atoms with Crippen molar-refractivity contribution in [3.8, 4) is 0 Å². The average Bonchev–Trinajstić information content (AvgIpc) is 2.84. The maximum absolute atomic E-state index is 11.4. The summed E-state index contributed by atoms with van der Waals surface area (Å²) in [5.41, 5.74) is 0. The van der Waals surface area contributed by atoms with Crippen LogP contribution in [0.15, 0.2) is 4.52 Å². The van der Waals surface area contributed by atoms with Gasteiger partial charge in [0.05, 0.1) is 0 Å². The molecule has 6 nitrogen and oxygen atoms in total. The van der Waals surface area contributed by atoms with Crippen LogP contribution in [-0.2, 0) is 16.3 Å². The number of piperidine rings is 1. The first-order valence-corrected chi connectivity index (χ1v) is 8.64. The van der Waals surface area contributed by atoms with Gasteiger partial charge in [-0.25, -0.2) is 8.42 Å². The SMILES string of the molecule is CC(c1noc(CCC2CCCNC2)n1)S(C)(=O)=O. The summed E-state index contributed by atoms with van der Waals surface area (Å²) in [6.07, 6.45) is 5.34. The Bertz CT molecular complexity index is 506. The third-order valence-electron chi connectivity index (χ3n) is 3.66. The van der Waals surface area contributed by atoms with Gasteiger partial charge in [-0.15, -0.1) is 0 Å². The van der Waals surface area contributed by atoms with E-state index in [0.717, 1.165) is 25.9 Å². The van der Waals surface area contributed by atoms with E-state index in [1.54, 1.807) is 6.92 Å². The molecule has 0 amide bonds. The molecule has 2 unspecified atom stereocenters. The molecule has 1 aromatic rings. The third-order valence-corrected chi connectivity index (χ3v) is 5.15. The Morgan fingerprint density at radius 1 is 1.53 bits per heavy atom. The second kappa shape index (κ2) is 6.00. The van der Waals surface area contributed by atoms with E-state index in [-0.39, 0.29) is 5.82 Å². The number of nitrogens with zero attached hydrogens (tertiary/aromatic N) is 2. The van der Waals surface area contributed by atoms with E-state index in [1.165, 1.54) is 19.1 Å². The van der Waals surface area contributed by atoms with E-state index in [4.69, 9.17) is 4.52 Å². The maximum atomic E-state index is 11.4. The fourth-order valence-electron chi connectivity index (χ4n) is 2.22. The van der Waals surface area contributed by atoms with Gasteiger partial charge in [0.25, 0.3) is 0 Å². The number of rotatable bonds is 5. The largest absolute Gasteiger partial charge is 0.339 e. The van der Waals surface area contributed by atoms with Crippen molar-refractivity contribution in [3.05, 3.63) is 11.7 Å². The van der Waals surface area contributed by atoms with Crippen molar-refractivity contribution in [2.24, 2.45) is 5.92 Å². The second-order valence-electron chi connectivity index (χ2n) is 5.27. The molecule has 19 heavy (non-hydrogen) atoms. The summed E-state index contributed by atoms with van der Waals surface area (Å²) in [5, 5.41) is 6.43. The number of nitrogens with one attached hydrogen (secondary N) is 1. The highest BCUT2D eigenvalue weighted by Gasteiger charge is 2.23. The number of aryl methyl sites for hydroxylation is 1. The molecule has 1 aliphatic rings. The van der Waals surface area contributed by atoms with Crippen molar-refractivity contribution >= 4 is 9.84 Å². The van der Waals surface area contributed by atoms with Gasteiger partial charge in [0.2, 0.25) is 5.89 Å². The van der Waals surface area contributed by atoms with E-state index in [0.29, 0.717) is 11.8 Å². The van der Waals surface area contributed by atoms with Gasteiger partial charge in [0.1, 0.15) is 5.25 Å². The normalized spacial score (nSPS) is 22.3. The number of hydrogen-bond acceptors (Lipinski definition) is 6. The highest BCUT2D eigenvalue weighted by molar-refractivity contribution is 7.90. The van der Waals surface area contributed by atoms with Crippen LogP contribution in [0.3, 0.4) is 0 Å². The molecule has 0 saturated carbocycles. The summed E-state index contributed by atoms with van der Waals surface area (Å²) < 4.78 is 28.0. The van der Waals surface area contributed by atoms with Crippen molar-refractivity contribution < 1.29 is 12.9 Å². The molecule has 1 saturated heterocycles. The van der Waals surface area contributed by atoms with Gasteiger partial charge in [-0.3, -0.25) is 0 Å². The Morgan fingerprint density at radius 2 is 2.32 bits per heavy atom. The van der Waals surface area contributed by atoms with Crippen LogP contribution in [0.5, 0.6) is 0 Å². The maximum Gasteiger partial charge on any atom is 0.226 e. The second-order valence-corrected chi connectivity index (χ2v) is 7.64. The molecule has 0 radical (unpaired) electrons. The first-order valence-electron chi connectivity index (χ1n) is 6.69. The highest BCUT2D eigenvalue weighted by Crippen LogP contribution is 2.20. The summed E-state index contributed by atoms with van der Waals surface area (Å²) in [6, 6.07) is 0. The predicted octanol–water partition coefficient (Wildman–Crippen LogP) is 1.11. The molecular weight excluding hydrogens is 266 g/mol. The lowest BCUT2D eigenvalue weighted by Crippen LogP contribution is -2.29. The molecule has 1 aliphatic heterocycles. The molecule has 7 heteroatoms. The van der Waals surface area contributed by atoms with Crippen molar-refractivity contribution in [1.82, 2.24) is 15.5 Å². The Kier molecular flexibility index (Phi) is 4.57. The van der Waals surface area contributed by atoms with Crippen LogP contribution in [0.4, 0.5) is 0 Å². The van der Waals surface area contributed by atoms with Gasteiger partial charge in [0.15, 0.2) is 15.7 Å². The lowest BCUT2D eigenvalue weighted by molar-refractivity contribution is 0.325. The van der Waals surface area contributed by atoms with Gasteiger partial charge in [-0.1, -0.05) is 5.16 Å². The van der Waals surface area contributed by atoms with Gasteiger partial charge in [-0.2, -0.15) is 4.98 Å². The van der Waals surface area contributed by atoms with Gasteiger partial charge >= 0.3 is 0 Å². The lowest BCUT2D eigenvalue weighted by atomic mass is 9.95. The molecule has 0 aromatic carbocycles. The highest BCUT2D eigenvalue weighted by atomic mass is 32.2. The zero-order valence-corrected chi connectivity index (χ0v) is 12.2. The zero-order valence-electron chi connectivity index (χ0n) is 11.4. The first kappa shape index (κ1) is 14.5. The smallest absolute Gasteiger partial charge is 0.226 e. The lowest BCUT2D eigenvalue weighted by Gasteiger charge is -2.21. The van der Waals surface area contributed by atoms with Crippen LogP contribution >= 0.6 is 0 Å². The van der Waals surface area contributed by atoms with E-state index in [1.807, 2.05) is 0 Å². The summed E-state index contributed by atoms with van der Waals surface area (Å²) in [5.74, 6) is 1.45. The summed E-state index contributed by atoms with van der Waals surface area (Å²) >= 11 is 0. The zero-order chi connectivity index (χ0) is 13.9. The Balaban J connectivity index is 1.90. The minimum atomic E-state index is -3.17. The molecule has 0 aliphatic carbocycles. The van der Waals surface area contributed by atoms with Crippen LogP contribution in [0.2, 0.25) is 0 Å². The van der Waals surface area contributed by atoms with Gasteiger partial charge in [-0.05, 0) is 45.2 Å². The Hall–Kier alpha value is -0.950. The first-order chi connectivity index (χ1) is 8.97. The molecule has 2 atom stereocenters. The molecule has 1 fully saturated rings. The molecule has 108 valence electrons. The number of aromatic nitrogens is 2. The summed E-state index contributed by atoms with van der Waals surface area (Å²) in [7, 11) is -3.17. The van der Waals surface area contributed by atoms with Crippen LogP contribution in [0, 0.1) is 5.92 Å². The number of hydrogen-bond donors (Lipinski definition) is 1. The van der Waals surface area contributed by atoms with E-state index in [2.05, 4.69) is 15.5 Å². The molecule has 0 spiro atoms. The summed E-state index contributed by atoms with van der Waals surface area (Å²) in [6.45, 7) is 3.73. The topological polar surface area (TPSA) is 85.1 Å². The Labute approximate surface area is 113 Å². The van der Waals surface area contributed by atoms with E-state index in [9.17, 15) is 8.42 Å². The van der Waals surface area contributed by atoms with Crippen molar-refractivity contribution in [2.75, 3.05) is 19.3 Å². The summed E-state index contributed by atoms with van der Waals surface area (Å²) in [4.78, 5) is 4.18. The fourth-order valence-corrected chi connectivity index (χ4v) is 2.70.